The van der Waals surface area contributed by atoms with Crippen molar-refractivity contribution in [2.75, 3.05) is 13.2 Å². The molecule has 0 radical (unpaired) electrons. The minimum atomic E-state index is -0.857. The maximum atomic E-state index is 12.5. The number of aliphatic hydroxyl groups is 2. The van der Waals surface area contributed by atoms with Gasteiger partial charge in [0.25, 0.3) is 0 Å². The number of carbonyl (C=O) groups excluding carboxylic acids is 2. The fraction of sp³-hybridized carbons (Fsp3) is 0.886. The van der Waals surface area contributed by atoms with Crippen LogP contribution in [0.15, 0.2) is 36.5 Å². The third-order valence-corrected chi connectivity index (χ3v) is 15.9. The van der Waals surface area contributed by atoms with Crippen LogP contribution in [0.2, 0.25) is 0 Å². The lowest BCUT2D eigenvalue weighted by molar-refractivity contribution is -0.143. The molecule has 0 aromatic rings. The predicted molar refractivity (Wildman–Crippen MR) is 333 cm³/mol. The van der Waals surface area contributed by atoms with Crippen molar-refractivity contribution in [1.29, 1.82) is 0 Å². The second-order valence-corrected chi connectivity index (χ2v) is 23.5. The van der Waals surface area contributed by atoms with Crippen molar-refractivity contribution in [3.05, 3.63) is 36.5 Å². The highest BCUT2D eigenvalue weighted by Gasteiger charge is 2.18. The maximum Gasteiger partial charge on any atom is 0.305 e. The normalized spacial score (nSPS) is 12.7. The van der Waals surface area contributed by atoms with Gasteiger partial charge in [0, 0.05) is 12.8 Å². The molecule has 0 rings (SSSR count). The van der Waals surface area contributed by atoms with Gasteiger partial charge in [-0.1, -0.05) is 326 Å². The number of unbranched alkanes of at least 4 members (excludes halogenated alkanes) is 49. The van der Waals surface area contributed by atoms with E-state index in [1.54, 1.807) is 6.08 Å². The summed E-state index contributed by atoms with van der Waals surface area (Å²) in [6, 6.07) is -0.642. The van der Waals surface area contributed by atoms with Crippen molar-refractivity contribution in [3.63, 3.8) is 0 Å². The average Bonchev–Trinajstić information content (AvgIpc) is 3.42. The SMILES string of the molecule is CCCCCCCCCCCCCCCCCCCCCCCC/C=C/C(O)C(CO)NC(=O)CCCCCCCCC/C=C\C/C=C\CCCCCOC(=O)CCCCCCCCCCCCCCCCCCCC. The van der Waals surface area contributed by atoms with Crippen LogP contribution < -0.4 is 5.32 Å². The zero-order chi connectivity index (χ0) is 55.0. The fourth-order valence-electron chi connectivity index (χ4n) is 10.7. The molecule has 2 atom stereocenters. The second-order valence-electron chi connectivity index (χ2n) is 23.5. The number of amides is 1. The van der Waals surface area contributed by atoms with Gasteiger partial charge in [0.05, 0.1) is 25.4 Å². The van der Waals surface area contributed by atoms with Gasteiger partial charge >= 0.3 is 5.97 Å². The Balaban J connectivity index is 3.49. The van der Waals surface area contributed by atoms with Crippen LogP contribution in [0.4, 0.5) is 0 Å². The van der Waals surface area contributed by atoms with E-state index in [0.29, 0.717) is 19.4 Å². The van der Waals surface area contributed by atoms with Gasteiger partial charge < -0.3 is 20.3 Å². The lowest BCUT2D eigenvalue weighted by Gasteiger charge is -2.20. The van der Waals surface area contributed by atoms with Crippen molar-refractivity contribution in [2.45, 2.75) is 386 Å². The summed E-state index contributed by atoms with van der Waals surface area (Å²) in [6.07, 6.45) is 83.5. The number of nitrogens with one attached hydrogen (secondary N) is 1. The third-order valence-electron chi connectivity index (χ3n) is 15.9. The highest BCUT2D eigenvalue weighted by atomic mass is 16.5. The molecule has 0 heterocycles. The van der Waals surface area contributed by atoms with E-state index in [0.717, 1.165) is 83.5 Å². The van der Waals surface area contributed by atoms with E-state index in [1.807, 2.05) is 6.08 Å². The second kappa shape index (κ2) is 65.6. The molecule has 0 saturated carbocycles. The standard InChI is InChI=1S/C70H133NO5/c1-3-5-7-9-11-13-15-17-19-21-23-24-25-26-27-28-30-34-38-42-46-50-54-58-62-68(73)67(66-72)71-69(74)63-59-55-51-47-43-39-35-31-29-33-37-41-45-49-53-57-61-65-76-70(75)64-60-56-52-48-44-40-36-32-22-20-18-16-14-12-10-8-6-4-2/h29,33,41,45,58,62,67-68,72-73H,3-28,30-32,34-40,42-44,46-57,59-61,63-66H2,1-2H3,(H,71,74)/b33-29-,45-41-,62-58+. The minimum Gasteiger partial charge on any atom is -0.466 e. The maximum absolute atomic E-state index is 12.5. The molecule has 0 saturated heterocycles. The number of hydrogen-bond donors (Lipinski definition) is 3. The first-order valence-corrected chi connectivity index (χ1v) is 34.3. The Bertz CT molecular complexity index is 1230. The van der Waals surface area contributed by atoms with E-state index in [9.17, 15) is 19.8 Å². The monoisotopic (exact) mass is 1070 g/mol. The number of rotatable bonds is 64. The Morgan fingerprint density at radius 2 is 0.658 bits per heavy atom. The first-order chi connectivity index (χ1) is 37.5. The predicted octanol–water partition coefficient (Wildman–Crippen LogP) is 21.9. The van der Waals surface area contributed by atoms with Crippen LogP contribution in [0.5, 0.6) is 0 Å². The zero-order valence-corrected chi connectivity index (χ0v) is 51.3. The van der Waals surface area contributed by atoms with Gasteiger partial charge in [-0.15, -0.1) is 0 Å². The molecule has 0 aliphatic carbocycles. The van der Waals surface area contributed by atoms with E-state index < -0.39 is 12.1 Å². The molecule has 0 spiro atoms. The number of aliphatic hydroxyl groups excluding tert-OH is 2. The van der Waals surface area contributed by atoms with Crippen LogP contribution in [0, 0.1) is 0 Å². The summed E-state index contributed by atoms with van der Waals surface area (Å²) in [5.74, 6) is -0.0918. The van der Waals surface area contributed by atoms with Crippen molar-refractivity contribution in [1.82, 2.24) is 5.32 Å². The Morgan fingerprint density at radius 1 is 0.368 bits per heavy atom. The average molecular weight is 1070 g/mol. The van der Waals surface area contributed by atoms with E-state index in [2.05, 4.69) is 43.5 Å². The molecule has 0 aliphatic rings. The van der Waals surface area contributed by atoms with Gasteiger partial charge in [-0.3, -0.25) is 9.59 Å². The van der Waals surface area contributed by atoms with Gasteiger partial charge in [0.1, 0.15) is 0 Å². The quantitative estimate of drug-likeness (QED) is 0.0320. The third kappa shape index (κ3) is 61.3. The van der Waals surface area contributed by atoms with Crippen LogP contribution in [-0.4, -0.2) is 47.4 Å². The van der Waals surface area contributed by atoms with Crippen molar-refractivity contribution < 1.29 is 24.5 Å². The van der Waals surface area contributed by atoms with Gasteiger partial charge in [0.2, 0.25) is 5.91 Å². The number of esters is 1. The highest BCUT2D eigenvalue weighted by Crippen LogP contribution is 2.18. The minimum absolute atomic E-state index is 0.0113. The van der Waals surface area contributed by atoms with Gasteiger partial charge in [-0.25, -0.2) is 0 Å². The van der Waals surface area contributed by atoms with E-state index in [1.165, 1.54) is 263 Å². The van der Waals surface area contributed by atoms with Crippen LogP contribution in [0.1, 0.15) is 373 Å². The molecule has 3 N–H and O–H groups in total. The number of hydrogen-bond acceptors (Lipinski definition) is 5. The molecular formula is C70H133NO5. The molecule has 6 heteroatoms. The summed E-state index contributed by atoms with van der Waals surface area (Å²) < 4.78 is 5.48. The molecule has 1 amide bonds. The fourth-order valence-corrected chi connectivity index (χ4v) is 10.7. The first kappa shape index (κ1) is 74.1. The zero-order valence-electron chi connectivity index (χ0n) is 51.3. The van der Waals surface area contributed by atoms with Gasteiger partial charge in [-0.2, -0.15) is 0 Å². The summed E-state index contributed by atoms with van der Waals surface area (Å²) >= 11 is 0. The van der Waals surface area contributed by atoms with Crippen LogP contribution in [0.25, 0.3) is 0 Å². The topological polar surface area (TPSA) is 95.9 Å². The first-order valence-electron chi connectivity index (χ1n) is 34.3. The summed E-state index contributed by atoms with van der Waals surface area (Å²) in [6.45, 7) is 4.90. The van der Waals surface area contributed by atoms with E-state index in [4.69, 9.17) is 4.74 Å². The van der Waals surface area contributed by atoms with Crippen LogP contribution in [-0.2, 0) is 14.3 Å². The highest BCUT2D eigenvalue weighted by molar-refractivity contribution is 5.76. The molecule has 0 fully saturated rings. The van der Waals surface area contributed by atoms with Crippen molar-refractivity contribution >= 4 is 11.9 Å². The van der Waals surface area contributed by atoms with Gasteiger partial charge in [-0.05, 0) is 70.6 Å². The van der Waals surface area contributed by atoms with E-state index >= 15 is 0 Å². The number of carbonyl (C=O) groups is 2. The molecule has 0 aromatic heterocycles. The van der Waals surface area contributed by atoms with Crippen LogP contribution >= 0.6 is 0 Å². The summed E-state index contributed by atoms with van der Waals surface area (Å²) in [7, 11) is 0. The summed E-state index contributed by atoms with van der Waals surface area (Å²) in [4.78, 5) is 24.6. The van der Waals surface area contributed by atoms with Crippen LogP contribution in [0.3, 0.4) is 0 Å². The largest absolute Gasteiger partial charge is 0.466 e. The molecule has 6 nitrogen and oxygen atoms in total. The van der Waals surface area contributed by atoms with Crippen molar-refractivity contribution in [2.24, 2.45) is 0 Å². The lowest BCUT2D eigenvalue weighted by atomic mass is 10.0. The van der Waals surface area contributed by atoms with E-state index in [-0.39, 0.29) is 18.5 Å². The molecule has 2 unspecified atom stereocenters. The molecule has 448 valence electrons. The number of allylic oxidation sites excluding steroid dienone is 5. The number of ether oxygens (including phenoxy) is 1. The molecule has 76 heavy (non-hydrogen) atoms. The molecule has 0 aromatic carbocycles. The molecule has 0 bridgehead atoms. The Kier molecular flexibility index (Phi) is 63.9. The van der Waals surface area contributed by atoms with Crippen molar-refractivity contribution in [3.8, 4) is 0 Å². The lowest BCUT2D eigenvalue weighted by Crippen LogP contribution is -2.45. The molecular weight excluding hydrogens is 935 g/mol. The summed E-state index contributed by atoms with van der Waals surface area (Å²) in [5.41, 5.74) is 0. The molecule has 0 aliphatic heterocycles. The summed E-state index contributed by atoms with van der Waals surface area (Å²) in [5, 5.41) is 23.2. The Morgan fingerprint density at radius 3 is 1.00 bits per heavy atom. The Labute approximate surface area is 474 Å². The van der Waals surface area contributed by atoms with Gasteiger partial charge in [0.15, 0.2) is 0 Å². The smallest absolute Gasteiger partial charge is 0.305 e. The Hall–Kier alpha value is -1.92.